The quantitative estimate of drug-likeness (QED) is 0.281. The van der Waals surface area contributed by atoms with Crippen molar-refractivity contribution >= 4 is 5.97 Å². The van der Waals surface area contributed by atoms with E-state index in [1.54, 1.807) is 24.3 Å². The zero-order valence-corrected chi connectivity index (χ0v) is 24.4. The first-order valence-electron chi connectivity index (χ1n) is 15.3. The zero-order valence-electron chi connectivity index (χ0n) is 24.4. The van der Waals surface area contributed by atoms with Crippen molar-refractivity contribution in [1.29, 1.82) is 21.0 Å². The maximum Gasteiger partial charge on any atom is 0.319 e. The molecular formula is C35H40N4O2. The van der Waals surface area contributed by atoms with Gasteiger partial charge < -0.3 is 5.11 Å². The monoisotopic (exact) mass is 548 g/mol. The van der Waals surface area contributed by atoms with Crippen molar-refractivity contribution in [3.8, 4) is 24.3 Å². The van der Waals surface area contributed by atoms with Gasteiger partial charge in [-0.25, -0.2) is 0 Å². The molecule has 0 saturated heterocycles. The number of hydrogen-bond donors (Lipinski definition) is 1. The number of fused-ring (bicyclic) bond motifs is 3. The Hall–Kier alpha value is -3.87. The van der Waals surface area contributed by atoms with Crippen molar-refractivity contribution < 1.29 is 9.90 Å². The van der Waals surface area contributed by atoms with E-state index < -0.39 is 17.3 Å². The van der Waals surface area contributed by atoms with Crippen molar-refractivity contribution in [1.82, 2.24) is 0 Å². The van der Waals surface area contributed by atoms with E-state index in [1.165, 1.54) is 38.5 Å². The molecule has 212 valence electrons. The van der Waals surface area contributed by atoms with Crippen LogP contribution in [-0.4, -0.2) is 11.1 Å². The molecular weight excluding hydrogens is 508 g/mol. The fourth-order valence-electron chi connectivity index (χ4n) is 7.94. The van der Waals surface area contributed by atoms with Gasteiger partial charge in [0.1, 0.15) is 23.5 Å². The van der Waals surface area contributed by atoms with Gasteiger partial charge in [0.25, 0.3) is 0 Å². The van der Waals surface area contributed by atoms with Gasteiger partial charge >= 0.3 is 5.97 Å². The lowest BCUT2D eigenvalue weighted by Crippen LogP contribution is -2.46. The summed E-state index contributed by atoms with van der Waals surface area (Å²) in [7, 11) is 0. The maximum atomic E-state index is 13.2. The largest absolute Gasteiger partial charge is 0.480 e. The number of rotatable bonds is 11. The fraction of sp³-hybridized carbons (Fsp3) is 0.571. The van der Waals surface area contributed by atoms with Gasteiger partial charge in [0.05, 0.1) is 28.8 Å². The summed E-state index contributed by atoms with van der Waals surface area (Å²) in [6, 6.07) is 12.0. The number of carboxylic acids is 1. The van der Waals surface area contributed by atoms with Crippen LogP contribution in [0, 0.1) is 68.5 Å². The normalized spacial score (nSPS) is 28.4. The summed E-state index contributed by atoms with van der Waals surface area (Å²) in [5.41, 5.74) is 0.290. The number of nitrogens with zero attached hydrogens (tertiary/aromatic N) is 4. The number of aliphatic carboxylic acids is 1. The molecule has 6 heteroatoms. The van der Waals surface area contributed by atoms with Crippen LogP contribution in [0.2, 0.25) is 0 Å². The summed E-state index contributed by atoms with van der Waals surface area (Å²) in [5, 5.41) is 51.9. The van der Waals surface area contributed by atoms with Gasteiger partial charge in [0.2, 0.25) is 0 Å². The number of aryl methyl sites for hydroxylation is 1. The van der Waals surface area contributed by atoms with E-state index in [4.69, 9.17) is 0 Å². The summed E-state index contributed by atoms with van der Waals surface area (Å²) in [5.74, 6) is -2.05. The minimum Gasteiger partial charge on any atom is -0.480 e. The second-order valence-electron chi connectivity index (χ2n) is 12.4. The number of unbranched alkanes of at least 4 members (excludes halogenated alkanes) is 4. The molecule has 1 aromatic rings. The molecule has 0 aliphatic heterocycles. The Labute approximate surface area is 244 Å². The Kier molecular flexibility index (Phi) is 9.36. The van der Waals surface area contributed by atoms with Crippen LogP contribution in [0.3, 0.4) is 0 Å². The number of nitriles is 4. The fourth-order valence-corrected chi connectivity index (χ4v) is 7.94. The number of hydrogen-bond acceptors (Lipinski definition) is 5. The Bertz CT molecular complexity index is 1400. The second-order valence-corrected chi connectivity index (χ2v) is 12.4. The topological polar surface area (TPSA) is 132 Å². The molecule has 3 saturated carbocycles. The van der Waals surface area contributed by atoms with Crippen molar-refractivity contribution in [2.45, 2.75) is 103 Å². The molecule has 4 aliphatic carbocycles. The van der Waals surface area contributed by atoms with E-state index >= 15 is 0 Å². The Balaban J connectivity index is 1.80. The second kappa shape index (κ2) is 12.8. The highest BCUT2D eigenvalue weighted by Gasteiger charge is 2.54. The van der Waals surface area contributed by atoms with Crippen LogP contribution in [0.5, 0.6) is 0 Å². The molecule has 0 radical (unpaired) electrons. The van der Waals surface area contributed by atoms with Crippen LogP contribution in [0.25, 0.3) is 0 Å². The average Bonchev–Trinajstić information content (AvgIpc) is 3.00. The van der Waals surface area contributed by atoms with E-state index in [-0.39, 0.29) is 33.6 Å². The molecule has 1 aromatic carbocycles. The molecule has 5 rings (SSSR count). The van der Waals surface area contributed by atoms with Crippen LogP contribution in [0.1, 0.15) is 113 Å². The lowest BCUT2D eigenvalue weighted by Gasteiger charge is -2.52. The predicted octanol–water partition coefficient (Wildman–Crippen LogP) is 7.79. The first kappa shape index (κ1) is 30.1. The molecule has 41 heavy (non-hydrogen) atoms. The Morgan fingerprint density at radius 2 is 1.63 bits per heavy atom. The molecule has 3 atom stereocenters. The van der Waals surface area contributed by atoms with Crippen LogP contribution >= 0.6 is 0 Å². The van der Waals surface area contributed by atoms with E-state index in [9.17, 15) is 30.9 Å². The van der Waals surface area contributed by atoms with Gasteiger partial charge in [-0.3, -0.25) is 4.79 Å². The summed E-state index contributed by atoms with van der Waals surface area (Å²) in [4.78, 5) is 13.2. The van der Waals surface area contributed by atoms with Gasteiger partial charge in [-0.15, -0.1) is 0 Å². The predicted molar refractivity (Wildman–Crippen MR) is 156 cm³/mol. The summed E-state index contributed by atoms with van der Waals surface area (Å²) in [6.45, 7) is 4.30. The minimum absolute atomic E-state index is 0.0128. The lowest BCUT2D eigenvalue weighted by atomic mass is 9.52. The first-order valence-corrected chi connectivity index (χ1v) is 15.3. The van der Waals surface area contributed by atoms with Gasteiger partial charge in [0, 0.05) is 0 Å². The Morgan fingerprint density at radius 3 is 2.22 bits per heavy atom. The molecule has 3 fully saturated rings. The summed E-state index contributed by atoms with van der Waals surface area (Å²) >= 11 is 0. The average molecular weight is 549 g/mol. The molecule has 0 aromatic heterocycles. The number of carboxylic acid groups (broad SMARTS) is 1. The molecule has 4 aliphatic rings. The minimum atomic E-state index is -1.94. The standard InChI is InChI=1S/C35H40N4O2/c1-3-5-7-9-24-10-11-31(30(22-38)28(24)20-36)35(33(40)41)18-14-26(29(21-37)32(35)23-39)27-19-34(15-8-6-4-2)16-12-25(27)13-17-34/h10-11,14,18,25,27,32H,3-9,12-13,15-17,19H2,1-2H3,(H,40,41). The summed E-state index contributed by atoms with van der Waals surface area (Å²) < 4.78 is 0. The highest BCUT2D eigenvalue weighted by atomic mass is 16.4. The maximum absolute atomic E-state index is 13.2. The van der Waals surface area contributed by atoms with Gasteiger partial charge in [-0.2, -0.15) is 21.0 Å². The lowest BCUT2D eigenvalue weighted by molar-refractivity contribution is -0.142. The van der Waals surface area contributed by atoms with Crippen LogP contribution in [0.15, 0.2) is 35.4 Å². The number of allylic oxidation sites excluding steroid dienone is 3. The van der Waals surface area contributed by atoms with Crippen molar-refractivity contribution in [3.05, 3.63) is 57.7 Å². The van der Waals surface area contributed by atoms with Crippen LogP contribution in [-0.2, 0) is 16.6 Å². The molecule has 3 unspecified atom stereocenters. The molecule has 0 heterocycles. The Morgan fingerprint density at radius 1 is 0.951 bits per heavy atom. The van der Waals surface area contributed by atoms with Gasteiger partial charge in [-0.1, -0.05) is 70.2 Å². The van der Waals surface area contributed by atoms with E-state index in [0.29, 0.717) is 17.9 Å². The van der Waals surface area contributed by atoms with Gasteiger partial charge in [0.15, 0.2) is 0 Å². The molecule has 0 spiro atoms. The summed E-state index contributed by atoms with van der Waals surface area (Å²) in [6.07, 6.45) is 17.1. The number of benzene rings is 1. The third-order valence-corrected chi connectivity index (χ3v) is 10.2. The van der Waals surface area contributed by atoms with Crippen molar-refractivity contribution in [2.24, 2.45) is 23.2 Å². The SMILES string of the molecule is CCCCCc1ccc(C2(C(=O)O)C=CC(C3CC4(CCCCC)CCC3CC4)=C(C#N)C2C#N)c(C#N)c1C#N. The third kappa shape index (κ3) is 5.30. The number of carbonyl (C=O) groups is 1. The first-order chi connectivity index (χ1) is 19.9. The van der Waals surface area contributed by atoms with Crippen LogP contribution in [0.4, 0.5) is 0 Å². The van der Waals surface area contributed by atoms with Crippen LogP contribution < -0.4 is 0 Å². The zero-order chi connectivity index (χ0) is 29.6. The highest BCUT2D eigenvalue weighted by Crippen LogP contribution is 2.59. The smallest absolute Gasteiger partial charge is 0.319 e. The molecule has 6 nitrogen and oxygen atoms in total. The highest BCUT2D eigenvalue weighted by molar-refractivity contribution is 5.89. The molecule has 0 amide bonds. The van der Waals surface area contributed by atoms with E-state index in [0.717, 1.165) is 44.1 Å². The van der Waals surface area contributed by atoms with Crippen molar-refractivity contribution in [2.75, 3.05) is 0 Å². The third-order valence-electron chi connectivity index (χ3n) is 10.2. The van der Waals surface area contributed by atoms with Gasteiger partial charge in [-0.05, 0) is 85.3 Å². The molecule has 2 bridgehead atoms. The van der Waals surface area contributed by atoms with E-state index in [2.05, 4.69) is 38.1 Å². The van der Waals surface area contributed by atoms with E-state index in [1.807, 2.05) is 0 Å². The van der Waals surface area contributed by atoms with Crippen molar-refractivity contribution in [3.63, 3.8) is 0 Å². The molecule has 1 N–H and O–H groups in total.